The van der Waals surface area contributed by atoms with E-state index in [0.717, 1.165) is 66.7 Å². The molecule has 178 valence electrons. The SMILES string of the molecule is COC(=O)N1c2ccc(-c3cnn(C4CCCS(=O)(=O)C4)c3)c(OC3CCC3)c2CCC1C. The van der Waals surface area contributed by atoms with Gasteiger partial charge in [0.25, 0.3) is 0 Å². The van der Waals surface area contributed by atoms with Gasteiger partial charge in [0.05, 0.1) is 42.6 Å². The van der Waals surface area contributed by atoms with Gasteiger partial charge in [-0.15, -0.1) is 0 Å². The molecule has 2 fully saturated rings. The number of carbonyl (C=O) groups excluding carboxylic acids is 1. The molecule has 1 saturated heterocycles. The summed E-state index contributed by atoms with van der Waals surface area (Å²) in [4.78, 5) is 14.2. The average Bonchev–Trinajstić information content (AvgIpc) is 3.25. The van der Waals surface area contributed by atoms with E-state index in [1.807, 2.05) is 25.3 Å². The molecule has 2 aromatic rings. The molecule has 3 aliphatic rings. The molecule has 1 amide bonds. The van der Waals surface area contributed by atoms with E-state index < -0.39 is 9.84 Å². The fourth-order valence-electron chi connectivity index (χ4n) is 5.08. The number of fused-ring (bicyclic) bond motifs is 1. The first-order chi connectivity index (χ1) is 15.9. The molecule has 2 aliphatic heterocycles. The molecular formula is C24H31N3O5S. The second-order valence-electron chi connectivity index (χ2n) is 9.46. The molecule has 0 bridgehead atoms. The minimum Gasteiger partial charge on any atom is -0.489 e. The lowest BCUT2D eigenvalue weighted by molar-refractivity contribution is 0.119. The van der Waals surface area contributed by atoms with Crippen molar-refractivity contribution in [3.63, 3.8) is 0 Å². The van der Waals surface area contributed by atoms with Gasteiger partial charge in [0.2, 0.25) is 0 Å². The number of rotatable bonds is 4. The highest BCUT2D eigenvalue weighted by atomic mass is 32.2. The maximum absolute atomic E-state index is 12.5. The monoisotopic (exact) mass is 473 g/mol. The van der Waals surface area contributed by atoms with Crippen LogP contribution in [0.3, 0.4) is 0 Å². The quantitative estimate of drug-likeness (QED) is 0.663. The summed E-state index contributed by atoms with van der Waals surface area (Å²) in [6, 6.07) is 3.86. The van der Waals surface area contributed by atoms with E-state index >= 15 is 0 Å². The first kappa shape index (κ1) is 22.3. The number of nitrogens with zero attached hydrogens (tertiary/aromatic N) is 3. The van der Waals surface area contributed by atoms with Crippen LogP contribution < -0.4 is 9.64 Å². The van der Waals surface area contributed by atoms with Crippen molar-refractivity contribution >= 4 is 21.6 Å². The number of hydrogen-bond donors (Lipinski definition) is 0. The second-order valence-corrected chi connectivity index (χ2v) is 11.7. The molecular weight excluding hydrogens is 442 g/mol. The Kier molecular flexibility index (Phi) is 5.84. The molecule has 8 nitrogen and oxygen atoms in total. The third-order valence-corrected chi connectivity index (χ3v) is 8.99. The number of benzene rings is 1. The number of ether oxygens (including phenoxy) is 2. The van der Waals surface area contributed by atoms with Gasteiger partial charge in [0, 0.05) is 28.9 Å². The molecule has 0 N–H and O–H groups in total. The van der Waals surface area contributed by atoms with Crippen LogP contribution in [0.4, 0.5) is 10.5 Å². The smallest absolute Gasteiger partial charge is 0.414 e. The summed E-state index contributed by atoms with van der Waals surface area (Å²) in [6.07, 6.45) is 9.87. The van der Waals surface area contributed by atoms with E-state index in [4.69, 9.17) is 9.47 Å². The van der Waals surface area contributed by atoms with Gasteiger partial charge in [-0.05, 0) is 64.0 Å². The van der Waals surface area contributed by atoms with E-state index in [-0.39, 0.29) is 35.8 Å². The van der Waals surface area contributed by atoms with Gasteiger partial charge in [-0.25, -0.2) is 13.2 Å². The van der Waals surface area contributed by atoms with Gasteiger partial charge < -0.3 is 9.47 Å². The summed E-state index contributed by atoms with van der Waals surface area (Å²) in [5.41, 5.74) is 3.70. The summed E-state index contributed by atoms with van der Waals surface area (Å²) >= 11 is 0. The van der Waals surface area contributed by atoms with Crippen molar-refractivity contribution in [3.05, 3.63) is 30.1 Å². The van der Waals surface area contributed by atoms with Gasteiger partial charge in [-0.3, -0.25) is 9.58 Å². The number of methoxy groups -OCH3 is 1. The van der Waals surface area contributed by atoms with E-state index in [2.05, 4.69) is 5.10 Å². The van der Waals surface area contributed by atoms with Crippen LogP contribution in [0.2, 0.25) is 0 Å². The third-order valence-electron chi connectivity index (χ3n) is 7.18. The Morgan fingerprint density at radius 1 is 1.15 bits per heavy atom. The van der Waals surface area contributed by atoms with E-state index in [1.54, 1.807) is 15.8 Å². The molecule has 0 spiro atoms. The molecule has 1 aliphatic carbocycles. The predicted molar refractivity (Wildman–Crippen MR) is 126 cm³/mol. The first-order valence-electron chi connectivity index (χ1n) is 11.8. The van der Waals surface area contributed by atoms with E-state index in [1.165, 1.54) is 7.11 Å². The van der Waals surface area contributed by atoms with E-state index in [9.17, 15) is 13.2 Å². The van der Waals surface area contributed by atoms with Crippen LogP contribution in [0.15, 0.2) is 24.5 Å². The fourth-order valence-corrected chi connectivity index (χ4v) is 6.76. The molecule has 1 saturated carbocycles. The van der Waals surface area contributed by atoms with Crippen molar-refractivity contribution in [1.29, 1.82) is 0 Å². The Hall–Kier alpha value is -2.55. The zero-order valence-electron chi connectivity index (χ0n) is 19.2. The molecule has 33 heavy (non-hydrogen) atoms. The van der Waals surface area contributed by atoms with Crippen molar-refractivity contribution in [2.45, 2.75) is 70.1 Å². The number of amides is 1. The van der Waals surface area contributed by atoms with Crippen molar-refractivity contribution in [2.24, 2.45) is 0 Å². The minimum atomic E-state index is -3.02. The first-order valence-corrected chi connectivity index (χ1v) is 13.6. The maximum Gasteiger partial charge on any atom is 0.414 e. The normalized spacial score (nSPS) is 24.6. The number of sulfone groups is 1. The van der Waals surface area contributed by atoms with Gasteiger partial charge in [0.1, 0.15) is 5.75 Å². The van der Waals surface area contributed by atoms with Crippen molar-refractivity contribution in [1.82, 2.24) is 9.78 Å². The Morgan fingerprint density at radius 3 is 2.67 bits per heavy atom. The van der Waals surface area contributed by atoms with Crippen molar-refractivity contribution in [3.8, 4) is 16.9 Å². The number of aromatic nitrogens is 2. The van der Waals surface area contributed by atoms with Crippen LogP contribution in [-0.2, 0) is 21.0 Å². The van der Waals surface area contributed by atoms with Crippen LogP contribution in [0.1, 0.15) is 57.1 Å². The summed E-state index contributed by atoms with van der Waals surface area (Å²) in [6.45, 7) is 2.03. The molecule has 5 rings (SSSR count). The van der Waals surface area contributed by atoms with Gasteiger partial charge in [-0.2, -0.15) is 5.10 Å². The number of carbonyl (C=O) groups is 1. The van der Waals surface area contributed by atoms with Gasteiger partial charge >= 0.3 is 6.09 Å². The molecule has 2 atom stereocenters. The van der Waals surface area contributed by atoms with Crippen molar-refractivity contribution < 1.29 is 22.7 Å². The largest absolute Gasteiger partial charge is 0.489 e. The predicted octanol–water partition coefficient (Wildman–Crippen LogP) is 4.14. The van der Waals surface area contributed by atoms with E-state index in [0.29, 0.717) is 6.42 Å². The van der Waals surface area contributed by atoms with Crippen LogP contribution in [0.5, 0.6) is 5.75 Å². The lowest BCUT2D eigenvalue weighted by atomic mass is 9.91. The van der Waals surface area contributed by atoms with Gasteiger partial charge in [-0.1, -0.05) is 0 Å². The molecule has 1 aromatic heterocycles. The maximum atomic E-state index is 12.5. The average molecular weight is 474 g/mol. The zero-order valence-corrected chi connectivity index (χ0v) is 20.0. The summed E-state index contributed by atoms with van der Waals surface area (Å²) in [5.74, 6) is 1.21. The molecule has 3 heterocycles. The number of hydrogen-bond acceptors (Lipinski definition) is 6. The lowest BCUT2D eigenvalue weighted by Crippen LogP contribution is -2.42. The minimum absolute atomic E-state index is 0.0448. The second kappa shape index (κ2) is 8.66. The highest BCUT2D eigenvalue weighted by molar-refractivity contribution is 7.91. The third kappa shape index (κ3) is 4.23. The Labute approximate surface area is 194 Å². The molecule has 1 aromatic carbocycles. The molecule has 2 unspecified atom stereocenters. The van der Waals surface area contributed by atoms with Gasteiger partial charge in [0.15, 0.2) is 9.84 Å². The molecule has 9 heteroatoms. The Balaban J connectivity index is 1.54. The standard InChI is InChI=1S/C24H31N3O5S/c1-16-8-9-21-22(27(16)24(28)31-2)11-10-20(23(21)32-19-6-3-7-19)17-13-25-26(14-17)18-5-4-12-33(29,30)15-18/h10-11,13-14,16,18-19H,3-9,12,15H2,1-2H3. The fraction of sp³-hybridized carbons (Fsp3) is 0.583. The number of anilines is 1. The van der Waals surface area contributed by atoms with Crippen LogP contribution in [0, 0.1) is 0 Å². The summed E-state index contributed by atoms with van der Waals surface area (Å²) < 4.78 is 37.6. The van der Waals surface area contributed by atoms with Crippen LogP contribution >= 0.6 is 0 Å². The van der Waals surface area contributed by atoms with Crippen LogP contribution in [-0.4, -0.2) is 55.1 Å². The van der Waals surface area contributed by atoms with Crippen LogP contribution in [0.25, 0.3) is 11.1 Å². The van der Waals surface area contributed by atoms with Crippen molar-refractivity contribution in [2.75, 3.05) is 23.5 Å². The molecule has 0 radical (unpaired) electrons. The Bertz CT molecular complexity index is 1150. The topological polar surface area (TPSA) is 90.7 Å². The lowest BCUT2D eigenvalue weighted by Gasteiger charge is -2.37. The summed E-state index contributed by atoms with van der Waals surface area (Å²) in [7, 11) is -1.62. The Morgan fingerprint density at radius 2 is 1.97 bits per heavy atom. The zero-order chi connectivity index (χ0) is 23.2. The highest BCUT2D eigenvalue weighted by Gasteiger charge is 2.34. The highest BCUT2D eigenvalue weighted by Crippen LogP contribution is 2.45. The summed E-state index contributed by atoms with van der Waals surface area (Å²) in [5, 5.41) is 4.53.